The number of nitrogens with zero attached hydrogens (tertiary/aromatic N) is 2. The predicted octanol–water partition coefficient (Wildman–Crippen LogP) is 1.66. The first-order valence-corrected chi connectivity index (χ1v) is 6.90. The molecular formula is C15H18N2O2. The monoisotopic (exact) mass is 258 g/mol. The Morgan fingerprint density at radius 1 is 1.05 bits per heavy atom. The van der Waals surface area contributed by atoms with E-state index in [-0.39, 0.29) is 17.7 Å². The Balaban J connectivity index is 1.71. The van der Waals surface area contributed by atoms with Crippen LogP contribution in [0.3, 0.4) is 0 Å². The van der Waals surface area contributed by atoms with E-state index in [1.165, 1.54) is 0 Å². The third kappa shape index (κ3) is 2.62. The molecule has 1 saturated heterocycles. The van der Waals surface area contributed by atoms with Gasteiger partial charge in [0.1, 0.15) is 0 Å². The highest BCUT2D eigenvalue weighted by molar-refractivity contribution is 5.94. The van der Waals surface area contributed by atoms with Gasteiger partial charge in [0.15, 0.2) is 0 Å². The fourth-order valence-corrected chi connectivity index (χ4v) is 2.51. The van der Waals surface area contributed by atoms with Crippen LogP contribution in [0.15, 0.2) is 30.3 Å². The van der Waals surface area contributed by atoms with Gasteiger partial charge in [-0.3, -0.25) is 9.59 Å². The van der Waals surface area contributed by atoms with Gasteiger partial charge >= 0.3 is 0 Å². The lowest BCUT2D eigenvalue weighted by molar-refractivity contribution is -0.132. The molecule has 2 aliphatic rings. The molecule has 0 atom stereocenters. The lowest BCUT2D eigenvalue weighted by Crippen LogP contribution is -2.36. The summed E-state index contributed by atoms with van der Waals surface area (Å²) in [6, 6.07) is 9.68. The number of hydrogen-bond donors (Lipinski definition) is 0. The molecule has 1 aliphatic heterocycles. The van der Waals surface area contributed by atoms with Gasteiger partial charge < -0.3 is 9.80 Å². The summed E-state index contributed by atoms with van der Waals surface area (Å²) in [5.74, 6) is 0.582. The van der Waals surface area contributed by atoms with E-state index in [0.29, 0.717) is 26.1 Å². The smallest absolute Gasteiger partial charge is 0.228 e. The standard InChI is InChI=1S/C15H18N2O2/c18-14-8-9-16(15(19)12-6-7-12)10-11-17(14)13-4-2-1-3-5-13/h1-5,12H,6-11H2. The molecule has 0 bridgehead atoms. The van der Waals surface area contributed by atoms with Crippen molar-refractivity contribution >= 4 is 17.5 Å². The van der Waals surface area contributed by atoms with Crippen LogP contribution in [0.2, 0.25) is 0 Å². The Kier molecular flexibility index (Phi) is 3.23. The van der Waals surface area contributed by atoms with Crippen molar-refractivity contribution in [1.82, 2.24) is 4.90 Å². The summed E-state index contributed by atoms with van der Waals surface area (Å²) >= 11 is 0. The molecule has 1 aromatic rings. The Morgan fingerprint density at radius 3 is 2.47 bits per heavy atom. The van der Waals surface area contributed by atoms with Crippen LogP contribution in [0.1, 0.15) is 19.3 Å². The van der Waals surface area contributed by atoms with Gasteiger partial charge in [0.25, 0.3) is 0 Å². The Labute approximate surface area is 113 Å². The quantitative estimate of drug-likeness (QED) is 0.809. The molecule has 1 saturated carbocycles. The number of hydrogen-bond acceptors (Lipinski definition) is 2. The first-order valence-electron chi connectivity index (χ1n) is 6.90. The number of benzene rings is 1. The van der Waals surface area contributed by atoms with Crippen LogP contribution in [0.4, 0.5) is 5.69 Å². The predicted molar refractivity (Wildman–Crippen MR) is 72.7 cm³/mol. The maximum Gasteiger partial charge on any atom is 0.228 e. The second kappa shape index (κ2) is 5.03. The van der Waals surface area contributed by atoms with E-state index in [4.69, 9.17) is 0 Å². The molecule has 2 fully saturated rings. The van der Waals surface area contributed by atoms with Crippen molar-refractivity contribution in [2.24, 2.45) is 5.92 Å². The minimum atomic E-state index is 0.109. The molecule has 0 unspecified atom stereocenters. The molecule has 19 heavy (non-hydrogen) atoms. The maximum absolute atomic E-state index is 12.2. The zero-order valence-electron chi connectivity index (χ0n) is 10.9. The third-order valence-electron chi connectivity index (χ3n) is 3.80. The SMILES string of the molecule is O=C(C1CC1)N1CCC(=O)N(c2ccccc2)CC1. The van der Waals surface area contributed by atoms with Gasteiger partial charge in [-0.2, -0.15) is 0 Å². The number of para-hydroxylation sites is 1. The van der Waals surface area contributed by atoms with Crippen molar-refractivity contribution in [3.05, 3.63) is 30.3 Å². The number of amides is 2. The summed E-state index contributed by atoms with van der Waals surface area (Å²) in [6.45, 7) is 1.81. The van der Waals surface area contributed by atoms with E-state index in [1.807, 2.05) is 35.2 Å². The molecule has 4 nitrogen and oxygen atoms in total. The molecule has 0 radical (unpaired) electrons. The topological polar surface area (TPSA) is 40.6 Å². The van der Waals surface area contributed by atoms with E-state index in [2.05, 4.69) is 0 Å². The van der Waals surface area contributed by atoms with Crippen molar-refractivity contribution in [3.63, 3.8) is 0 Å². The summed E-state index contributed by atoms with van der Waals surface area (Å²) in [7, 11) is 0. The highest BCUT2D eigenvalue weighted by atomic mass is 16.2. The van der Waals surface area contributed by atoms with Crippen molar-refractivity contribution < 1.29 is 9.59 Å². The number of rotatable bonds is 2. The summed E-state index contributed by atoms with van der Waals surface area (Å²) in [6.07, 6.45) is 2.46. The van der Waals surface area contributed by atoms with Gasteiger partial charge in [-0.05, 0) is 25.0 Å². The van der Waals surface area contributed by atoms with Crippen molar-refractivity contribution in [2.75, 3.05) is 24.5 Å². The Bertz CT molecular complexity index is 482. The average molecular weight is 258 g/mol. The van der Waals surface area contributed by atoms with Crippen LogP contribution in [-0.2, 0) is 9.59 Å². The molecule has 0 N–H and O–H groups in total. The lowest BCUT2D eigenvalue weighted by Gasteiger charge is -2.22. The fraction of sp³-hybridized carbons (Fsp3) is 0.467. The molecule has 3 rings (SSSR count). The molecule has 0 aromatic heterocycles. The zero-order valence-corrected chi connectivity index (χ0v) is 10.9. The number of carbonyl (C=O) groups excluding carboxylic acids is 2. The number of anilines is 1. The summed E-state index contributed by atoms with van der Waals surface area (Å²) in [5.41, 5.74) is 0.924. The molecular weight excluding hydrogens is 240 g/mol. The Morgan fingerprint density at radius 2 is 1.79 bits per heavy atom. The largest absolute Gasteiger partial charge is 0.340 e. The molecule has 1 aliphatic carbocycles. The molecule has 0 spiro atoms. The van der Waals surface area contributed by atoms with Gasteiger partial charge in [-0.25, -0.2) is 0 Å². The normalized spacial score (nSPS) is 20.3. The van der Waals surface area contributed by atoms with Gasteiger partial charge in [-0.1, -0.05) is 18.2 Å². The molecule has 2 amide bonds. The zero-order chi connectivity index (χ0) is 13.2. The second-order valence-electron chi connectivity index (χ2n) is 5.23. The molecule has 4 heteroatoms. The van der Waals surface area contributed by atoms with E-state index in [0.717, 1.165) is 18.5 Å². The van der Waals surface area contributed by atoms with Gasteiger partial charge in [-0.15, -0.1) is 0 Å². The number of carbonyl (C=O) groups is 2. The fourth-order valence-electron chi connectivity index (χ4n) is 2.51. The van der Waals surface area contributed by atoms with E-state index >= 15 is 0 Å². The van der Waals surface area contributed by atoms with Gasteiger partial charge in [0, 0.05) is 37.7 Å². The average Bonchev–Trinajstić information content (AvgIpc) is 3.26. The summed E-state index contributed by atoms with van der Waals surface area (Å²) in [4.78, 5) is 27.9. The molecule has 1 aromatic carbocycles. The van der Waals surface area contributed by atoms with Crippen molar-refractivity contribution in [1.29, 1.82) is 0 Å². The first kappa shape index (κ1) is 12.2. The maximum atomic E-state index is 12.2. The molecule has 1 heterocycles. The van der Waals surface area contributed by atoms with Crippen molar-refractivity contribution in [2.45, 2.75) is 19.3 Å². The van der Waals surface area contributed by atoms with E-state index in [1.54, 1.807) is 4.90 Å². The van der Waals surface area contributed by atoms with E-state index in [9.17, 15) is 9.59 Å². The van der Waals surface area contributed by atoms with Crippen LogP contribution >= 0.6 is 0 Å². The van der Waals surface area contributed by atoms with Crippen LogP contribution in [-0.4, -0.2) is 36.3 Å². The minimum Gasteiger partial charge on any atom is -0.340 e. The van der Waals surface area contributed by atoms with Crippen LogP contribution in [0.25, 0.3) is 0 Å². The van der Waals surface area contributed by atoms with Crippen LogP contribution in [0, 0.1) is 5.92 Å². The summed E-state index contributed by atoms with van der Waals surface area (Å²) < 4.78 is 0. The Hall–Kier alpha value is -1.84. The summed E-state index contributed by atoms with van der Waals surface area (Å²) in [5, 5.41) is 0. The molecule has 100 valence electrons. The highest BCUT2D eigenvalue weighted by Gasteiger charge is 2.35. The second-order valence-corrected chi connectivity index (χ2v) is 5.23. The van der Waals surface area contributed by atoms with Crippen LogP contribution < -0.4 is 4.90 Å². The minimum absolute atomic E-state index is 0.109. The lowest BCUT2D eigenvalue weighted by atomic mass is 10.2. The third-order valence-corrected chi connectivity index (χ3v) is 3.80. The van der Waals surface area contributed by atoms with Gasteiger partial charge in [0.05, 0.1) is 0 Å². The highest BCUT2D eigenvalue weighted by Crippen LogP contribution is 2.31. The van der Waals surface area contributed by atoms with Gasteiger partial charge in [0.2, 0.25) is 11.8 Å². The van der Waals surface area contributed by atoms with E-state index < -0.39 is 0 Å². The van der Waals surface area contributed by atoms with Crippen LogP contribution in [0.5, 0.6) is 0 Å². The van der Waals surface area contributed by atoms with Crippen molar-refractivity contribution in [3.8, 4) is 0 Å². The first-order chi connectivity index (χ1) is 9.25.